The summed E-state index contributed by atoms with van der Waals surface area (Å²) in [4.78, 5) is 0. The maximum absolute atomic E-state index is 11.4. The standard InChI is InChI=1S/C18H19ClN2O.ClH/c1-20-11-10-18(22,15-5-3-2-4-6-15)21-12-9-14-13-16(19)7-8-17(14)21;/h2-9,12-13,20,22H,10-11H2,1H3;1H. The van der Waals surface area contributed by atoms with Gasteiger partial charge in [-0.2, -0.15) is 0 Å². The number of fused-ring (bicyclic) bond motifs is 1. The third-order valence-electron chi connectivity index (χ3n) is 4.01. The molecule has 1 heterocycles. The Morgan fingerprint density at radius 3 is 2.57 bits per heavy atom. The molecule has 1 aromatic heterocycles. The van der Waals surface area contributed by atoms with E-state index in [1.54, 1.807) is 0 Å². The number of hydrogen-bond donors (Lipinski definition) is 2. The Balaban J connectivity index is 0.00000192. The summed E-state index contributed by atoms with van der Waals surface area (Å²) in [6.07, 6.45) is 2.49. The van der Waals surface area contributed by atoms with Crippen LogP contribution >= 0.6 is 24.0 Å². The van der Waals surface area contributed by atoms with Crippen molar-refractivity contribution in [2.45, 2.75) is 12.1 Å². The molecule has 0 radical (unpaired) electrons. The van der Waals surface area contributed by atoms with Gasteiger partial charge < -0.3 is 15.0 Å². The van der Waals surface area contributed by atoms with E-state index >= 15 is 0 Å². The summed E-state index contributed by atoms with van der Waals surface area (Å²) >= 11 is 6.06. The van der Waals surface area contributed by atoms with Crippen LogP contribution < -0.4 is 5.32 Å². The normalized spacial score (nSPS) is 13.5. The van der Waals surface area contributed by atoms with Crippen molar-refractivity contribution in [3.63, 3.8) is 0 Å². The zero-order chi connectivity index (χ0) is 15.6. The van der Waals surface area contributed by atoms with E-state index in [-0.39, 0.29) is 12.4 Å². The number of benzene rings is 2. The van der Waals surface area contributed by atoms with E-state index in [1.165, 1.54) is 0 Å². The topological polar surface area (TPSA) is 37.2 Å². The van der Waals surface area contributed by atoms with Crippen molar-refractivity contribution in [2.24, 2.45) is 0 Å². The third-order valence-corrected chi connectivity index (χ3v) is 4.25. The average molecular weight is 351 g/mol. The summed E-state index contributed by atoms with van der Waals surface area (Å²) < 4.78 is 1.92. The molecular formula is C18H20Cl2N2O. The average Bonchev–Trinajstić information content (AvgIpc) is 2.97. The summed E-state index contributed by atoms with van der Waals surface area (Å²) in [5, 5.41) is 16.3. The van der Waals surface area contributed by atoms with Gasteiger partial charge in [-0.05, 0) is 37.9 Å². The van der Waals surface area contributed by atoms with E-state index in [1.807, 2.05) is 72.4 Å². The first-order chi connectivity index (χ1) is 10.6. The van der Waals surface area contributed by atoms with Crippen molar-refractivity contribution in [1.82, 2.24) is 9.88 Å². The summed E-state index contributed by atoms with van der Waals surface area (Å²) in [6, 6.07) is 17.5. The van der Waals surface area contributed by atoms with Crippen LogP contribution in [0.2, 0.25) is 5.02 Å². The van der Waals surface area contributed by atoms with Crippen LogP contribution in [0.25, 0.3) is 10.9 Å². The molecule has 3 rings (SSSR count). The molecule has 0 amide bonds. The van der Waals surface area contributed by atoms with Gasteiger partial charge in [-0.15, -0.1) is 12.4 Å². The van der Waals surface area contributed by atoms with Gasteiger partial charge in [0, 0.05) is 28.6 Å². The van der Waals surface area contributed by atoms with Gasteiger partial charge in [0.15, 0.2) is 5.72 Å². The van der Waals surface area contributed by atoms with E-state index < -0.39 is 5.72 Å². The summed E-state index contributed by atoms with van der Waals surface area (Å²) in [5.74, 6) is 0. The predicted molar refractivity (Wildman–Crippen MR) is 98.5 cm³/mol. The molecule has 1 atom stereocenters. The first kappa shape index (κ1) is 17.8. The zero-order valence-corrected chi connectivity index (χ0v) is 14.4. The first-order valence-corrected chi connectivity index (χ1v) is 7.72. The van der Waals surface area contributed by atoms with Crippen molar-refractivity contribution in [2.75, 3.05) is 13.6 Å². The fraction of sp³-hybridized carbons (Fsp3) is 0.222. The molecule has 5 heteroatoms. The minimum Gasteiger partial charge on any atom is -0.366 e. The van der Waals surface area contributed by atoms with Gasteiger partial charge in [-0.25, -0.2) is 0 Å². The van der Waals surface area contributed by atoms with Gasteiger partial charge in [0.05, 0.1) is 5.52 Å². The van der Waals surface area contributed by atoms with E-state index in [0.717, 1.165) is 16.5 Å². The van der Waals surface area contributed by atoms with E-state index in [9.17, 15) is 5.11 Å². The number of rotatable bonds is 5. The molecule has 3 aromatic rings. The molecule has 122 valence electrons. The van der Waals surface area contributed by atoms with Gasteiger partial charge in [0.1, 0.15) is 0 Å². The molecule has 1 unspecified atom stereocenters. The monoisotopic (exact) mass is 350 g/mol. The van der Waals surface area contributed by atoms with E-state index in [0.29, 0.717) is 18.0 Å². The largest absolute Gasteiger partial charge is 0.366 e. The Morgan fingerprint density at radius 2 is 1.87 bits per heavy atom. The lowest BCUT2D eigenvalue weighted by atomic mass is 9.98. The fourth-order valence-corrected chi connectivity index (χ4v) is 3.02. The minimum atomic E-state index is -1.10. The number of nitrogens with zero attached hydrogens (tertiary/aromatic N) is 1. The Labute approximate surface area is 147 Å². The van der Waals surface area contributed by atoms with Gasteiger partial charge in [0.2, 0.25) is 0 Å². The molecule has 23 heavy (non-hydrogen) atoms. The van der Waals surface area contributed by atoms with Gasteiger partial charge in [-0.1, -0.05) is 41.9 Å². The van der Waals surface area contributed by atoms with Crippen molar-refractivity contribution in [3.8, 4) is 0 Å². The molecule has 2 N–H and O–H groups in total. The lowest BCUT2D eigenvalue weighted by Crippen LogP contribution is -2.37. The molecule has 3 nitrogen and oxygen atoms in total. The van der Waals surface area contributed by atoms with Crippen LogP contribution in [0.15, 0.2) is 60.8 Å². The van der Waals surface area contributed by atoms with Crippen LogP contribution in [0.4, 0.5) is 0 Å². The van der Waals surface area contributed by atoms with Crippen molar-refractivity contribution >= 4 is 34.9 Å². The zero-order valence-electron chi connectivity index (χ0n) is 12.9. The van der Waals surface area contributed by atoms with Crippen molar-refractivity contribution in [3.05, 3.63) is 71.4 Å². The minimum absolute atomic E-state index is 0. The van der Waals surface area contributed by atoms with Gasteiger partial charge in [0.25, 0.3) is 0 Å². The third kappa shape index (κ3) is 3.38. The SMILES string of the molecule is CNCCC(O)(c1ccccc1)n1ccc2cc(Cl)ccc21.Cl. The lowest BCUT2D eigenvalue weighted by molar-refractivity contribution is 0.00176. The Hall–Kier alpha value is -1.52. The molecule has 0 saturated carbocycles. The Kier molecular flexibility index (Phi) is 5.71. The molecule has 0 bridgehead atoms. The quantitative estimate of drug-likeness (QED) is 0.729. The predicted octanol–water partition coefficient (Wildman–Crippen LogP) is 4.02. The van der Waals surface area contributed by atoms with Crippen LogP contribution in [-0.2, 0) is 5.72 Å². The molecule has 0 fully saturated rings. The molecule has 0 aliphatic carbocycles. The number of aromatic nitrogens is 1. The highest BCUT2D eigenvalue weighted by Crippen LogP contribution is 2.32. The van der Waals surface area contributed by atoms with E-state index in [4.69, 9.17) is 11.6 Å². The first-order valence-electron chi connectivity index (χ1n) is 7.35. The molecule has 0 aliphatic heterocycles. The molecule has 0 aliphatic rings. The Morgan fingerprint density at radius 1 is 1.13 bits per heavy atom. The summed E-state index contributed by atoms with van der Waals surface area (Å²) in [5.41, 5.74) is 0.740. The summed E-state index contributed by atoms with van der Waals surface area (Å²) in [7, 11) is 1.89. The van der Waals surface area contributed by atoms with Gasteiger partial charge >= 0.3 is 0 Å². The molecule has 0 saturated heterocycles. The number of nitrogens with one attached hydrogen (secondary N) is 1. The van der Waals surface area contributed by atoms with Crippen LogP contribution in [0.5, 0.6) is 0 Å². The highest BCUT2D eigenvalue weighted by Gasteiger charge is 2.31. The van der Waals surface area contributed by atoms with Crippen molar-refractivity contribution in [1.29, 1.82) is 0 Å². The molecular weight excluding hydrogens is 331 g/mol. The van der Waals surface area contributed by atoms with Gasteiger partial charge in [-0.3, -0.25) is 0 Å². The maximum atomic E-state index is 11.4. The van der Waals surface area contributed by atoms with E-state index in [2.05, 4.69) is 5.32 Å². The number of aliphatic hydroxyl groups is 1. The highest BCUT2D eigenvalue weighted by atomic mass is 35.5. The second-order valence-electron chi connectivity index (χ2n) is 5.43. The van der Waals surface area contributed by atoms with Crippen LogP contribution in [0, 0.1) is 0 Å². The maximum Gasteiger partial charge on any atom is 0.169 e. The van der Waals surface area contributed by atoms with Crippen LogP contribution in [0.1, 0.15) is 12.0 Å². The van der Waals surface area contributed by atoms with Crippen LogP contribution in [0.3, 0.4) is 0 Å². The second-order valence-corrected chi connectivity index (χ2v) is 5.86. The van der Waals surface area contributed by atoms with Crippen molar-refractivity contribution < 1.29 is 5.11 Å². The molecule has 0 spiro atoms. The Bertz CT molecular complexity index is 773. The number of halogens is 2. The second kappa shape index (κ2) is 7.37. The smallest absolute Gasteiger partial charge is 0.169 e. The summed E-state index contributed by atoms with van der Waals surface area (Å²) in [6.45, 7) is 0.707. The fourth-order valence-electron chi connectivity index (χ4n) is 2.84. The van der Waals surface area contributed by atoms with Crippen LogP contribution in [-0.4, -0.2) is 23.3 Å². The molecule has 2 aromatic carbocycles. The highest BCUT2D eigenvalue weighted by molar-refractivity contribution is 6.31. The lowest BCUT2D eigenvalue weighted by Gasteiger charge is -2.31. The number of hydrogen-bond acceptors (Lipinski definition) is 2.